The predicted molar refractivity (Wildman–Crippen MR) is 119 cm³/mol. The number of amides is 1. The van der Waals surface area contributed by atoms with Crippen LogP contribution in [0.4, 0.5) is 5.69 Å². The molecule has 0 fully saturated rings. The highest BCUT2D eigenvalue weighted by Crippen LogP contribution is 2.27. The van der Waals surface area contributed by atoms with Crippen LogP contribution >= 0.6 is 0 Å². The molecule has 0 bridgehead atoms. The van der Waals surface area contributed by atoms with Crippen LogP contribution in [-0.4, -0.2) is 47.4 Å². The molecular weight excluding hydrogens is 404 g/mol. The molecular formula is C22H30N2O5S. The molecule has 0 saturated carbocycles. The minimum absolute atomic E-state index is 0.329. The van der Waals surface area contributed by atoms with Gasteiger partial charge < -0.3 is 14.8 Å². The largest absolute Gasteiger partial charge is 0.493 e. The fourth-order valence-corrected chi connectivity index (χ4v) is 4.51. The van der Waals surface area contributed by atoms with E-state index in [-0.39, 0.29) is 5.91 Å². The number of benzene rings is 2. The van der Waals surface area contributed by atoms with Gasteiger partial charge in [0.15, 0.2) is 11.5 Å². The van der Waals surface area contributed by atoms with Crippen molar-refractivity contribution < 1.29 is 22.7 Å². The molecule has 0 aliphatic heterocycles. The maximum atomic E-state index is 12.9. The summed E-state index contributed by atoms with van der Waals surface area (Å²) in [4.78, 5) is 12.9. The van der Waals surface area contributed by atoms with Gasteiger partial charge in [0, 0.05) is 6.54 Å². The molecule has 2 rings (SSSR count). The Kier molecular flexibility index (Phi) is 8.11. The van der Waals surface area contributed by atoms with Gasteiger partial charge in [-0.2, -0.15) is 0 Å². The monoisotopic (exact) mass is 434 g/mol. The number of nitrogens with one attached hydrogen (secondary N) is 1. The van der Waals surface area contributed by atoms with E-state index in [1.54, 1.807) is 39.3 Å². The van der Waals surface area contributed by atoms with Crippen molar-refractivity contribution in [1.82, 2.24) is 5.32 Å². The predicted octanol–water partition coefficient (Wildman–Crippen LogP) is 2.92. The zero-order chi connectivity index (χ0) is 22.3. The first-order valence-corrected chi connectivity index (χ1v) is 11.6. The molecule has 1 amide bonds. The van der Waals surface area contributed by atoms with Crippen LogP contribution in [0, 0.1) is 6.92 Å². The van der Waals surface area contributed by atoms with Crippen molar-refractivity contribution in [3.05, 3.63) is 53.6 Å². The Morgan fingerprint density at radius 1 is 1.10 bits per heavy atom. The number of carbonyl (C=O) groups excluding carboxylic acids is 1. The van der Waals surface area contributed by atoms with Gasteiger partial charge in [0.1, 0.15) is 6.04 Å². The maximum Gasteiger partial charge on any atom is 0.243 e. The molecule has 7 nitrogen and oxygen atoms in total. The Morgan fingerprint density at radius 2 is 1.80 bits per heavy atom. The molecule has 0 saturated heterocycles. The van der Waals surface area contributed by atoms with Crippen molar-refractivity contribution in [2.75, 3.05) is 31.3 Å². The molecule has 1 N–H and O–H groups in total. The van der Waals surface area contributed by atoms with Gasteiger partial charge in [-0.3, -0.25) is 9.10 Å². The number of sulfonamides is 1. The minimum atomic E-state index is -3.64. The third-order valence-electron chi connectivity index (χ3n) is 4.75. The number of anilines is 1. The summed E-state index contributed by atoms with van der Waals surface area (Å²) in [5.41, 5.74) is 2.38. The summed E-state index contributed by atoms with van der Waals surface area (Å²) in [6.07, 6.45) is 2.05. The van der Waals surface area contributed by atoms with E-state index >= 15 is 0 Å². The fourth-order valence-electron chi connectivity index (χ4n) is 3.31. The Hall–Kier alpha value is -2.74. The van der Waals surface area contributed by atoms with Crippen LogP contribution in [0.2, 0.25) is 0 Å². The second-order valence-corrected chi connectivity index (χ2v) is 8.91. The normalized spacial score (nSPS) is 12.2. The molecule has 30 heavy (non-hydrogen) atoms. The van der Waals surface area contributed by atoms with Gasteiger partial charge in [-0.25, -0.2) is 8.42 Å². The van der Waals surface area contributed by atoms with E-state index in [2.05, 4.69) is 5.32 Å². The fraction of sp³-hybridized carbons (Fsp3) is 0.409. The summed E-state index contributed by atoms with van der Waals surface area (Å²) in [6, 6.07) is 11.9. The molecule has 1 atom stereocenters. The first-order valence-electron chi connectivity index (χ1n) is 9.76. The molecule has 0 radical (unpaired) electrons. The van der Waals surface area contributed by atoms with Crippen LogP contribution in [0.25, 0.3) is 0 Å². The highest BCUT2D eigenvalue weighted by Gasteiger charge is 2.31. The van der Waals surface area contributed by atoms with Crippen molar-refractivity contribution >= 4 is 21.6 Å². The maximum absolute atomic E-state index is 12.9. The lowest BCUT2D eigenvalue weighted by molar-refractivity contribution is -0.122. The van der Waals surface area contributed by atoms with Crippen molar-refractivity contribution in [1.29, 1.82) is 0 Å². The Bertz CT molecular complexity index is 975. The summed E-state index contributed by atoms with van der Waals surface area (Å²) in [6.45, 7) is 4.05. The van der Waals surface area contributed by atoms with Crippen molar-refractivity contribution in [2.24, 2.45) is 0 Å². The van der Waals surface area contributed by atoms with Crippen LogP contribution in [-0.2, 0) is 21.2 Å². The smallest absolute Gasteiger partial charge is 0.243 e. The summed E-state index contributed by atoms with van der Waals surface area (Å²) >= 11 is 0. The third-order valence-corrected chi connectivity index (χ3v) is 5.93. The third kappa shape index (κ3) is 5.89. The standard InChI is InChI=1S/C22H30N2O5S/c1-6-19(24(30(5,26)27)18-9-7-8-16(2)14-18)22(25)23-13-12-17-10-11-20(28-3)21(15-17)29-4/h7-11,14-15,19H,6,12-13H2,1-5H3,(H,23,25)/t19-/m0/s1. The van der Waals surface area contributed by atoms with Crippen molar-refractivity contribution in [2.45, 2.75) is 32.7 Å². The molecule has 0 aliphatic carbocycles. The van der Waals surface area contributed by atoms with Crippen LogP contribution < -0.4 is 19.1 Å². The second-order valence-electron chi connectivity index (χ2n) is 7.05. The molecule has 0 heterocycles. The highest BCUT2D eigenvalue weighted by molar-refractivity contribution is 7.92. The molecule has 0 unspecified atom stereocenters. The van der Waals surface area contributed by atoms with E-state index in [4.69, 9.17) is 9.47 Å². The van der Waals surface area contributed by atoms with Gasteiger partial charge in [-0.1, -0.05) is 25.1 Å². The number of hydrogen-bond acceptors (Lipinski definition) is 5. The van der Waals surface area contributed by atoms with Crippen LogP contribution in [0.5, 0.6) is 11.5 Å². The summed E-state index contributed by atoms with van der Waals surface area (Å²) in [5.74, 6) is 0.929. The summed E-state index contributed by atoms with van der Waals surface area (Å²) < 4.78 is 36.7. The van der Waals surface area contributed by atoms with Crippen molar-refractivity contribution in [3.63, 3.8) is 0 Å². The molecule has 2 aromatic rings. The second kappa shape index (κ2) is 10.3. The average Bonchev–Trinajstić information content (AvgIpc) is 2.70. The van der Waals surface area contributed by atoms with Gasteiger partial charge in [-0.15, -0.1) is 0 Å². The van der Waals surface area contributed by atoms with E-state index in [1.165, 1.54) is 4.31 Å². The lowest BCUT2D eigenvalue weighted by atomic mass is 10.1. The van der Waals surface area contributed by atoms with Gasteiger partial charge in [0.2, 0.25) is 15.9 Å². The number of carbonyl (C=O) groups is 1. The molecule has 0 aromatic heterocycles. The van der Waals surface area contributed by atoms with Crippen LogP contribution in [0.15, 0.2) is 42.5 Å². The SMILES string of the molecule is CC[C@@H](C(=O)NCCc1ccc(OC)c(OC)c1)N(c1cccc(C)c1)S(C)(=O)=O. The number of ether oxygens (including phenoxy) is 2. The van der Waals surface area contributed by atoms with E-state index in [1.807, 2.05) is 31.2 Å². The molecule has 2 aromatic carbocycles. The number of hydrogen-bond donors (Lipinski definition) is 1. The number of methoxy groups -OCH3 is 2. The molecule has 0 spiro atoms. The summed E-state index contributed by atoms with van der Waals surface area (Å²) in [5, 5.41) is 2.87. The quantitative estimate of drug-likeness (QED) is 0.622. The van der Waals surface area contributed by atoms with Gasteiger partial charge >= 0.3 is 0 Å². The first kappa shape index (κ1) is 23.5. The number of nitrogens with zero attached hydrogens (tertiary/aromatic N) is 1. The zero-order valence-corrected chi connectivity index (χ0v) is 19.0. The minimum Gasteiger partial charge on any atom is -0.493 e. The Balaban J connectivity index is 2.13. The molecule has 8 heteroatoms. The number of rotatable bonds is 10. The van der Waals surface area contributed by atoms with Gasteiger partial charge in [-0.05, 0) is 55.2 Å². The van der Waals surface area contributed by atoms with Gasteiger partial charge in [0.25, 0.3) is 0 Å². The molecule has 0 aliphatic rings. The zero-order valence-electron chi connectivity index (χ0n) is 18.1. The number of aryl methyl sites for hydroxylation is 1. The first-order chi connectivity index (χ1) is 14.2. The van der Waals surface area contributed by atoms with E-state index in [0.717, 1.165) is 17.4 Å². The topological polar surface area (TPSA) is 84.9 Å². The molecule has 164 valence electrons. The van der Waals surface area contributed by atoms with E-state index < -0.39 is 16.1 Å². The van der Waals surface area contributed by atoms with Crippen molar-refractivity contribution in [3.8, 4) is 11.5 Å². The lowest BCUT2D eigenvalue weighted by Crippen LogP contribution is -2.49. The van der Waals surface area contributed by atoms with E-state index in [9.17, 15) is 13.2 Å². The van der Waals surface area contributed by atoms with Crippen LogP contribution in [0.1, 0.15) is 24.5 Å². The van der Waals surface area contributed by atoms with Crippen LogP contribution in [0.3, 0.4) is 0 Å². The Morgan fingerprint density at radius 3 is 2.37 bits per heavy atom. The summed E-state index contributed by atoms with van der Waals surface area (Å²) in [7, 11) is -0.499. The van der Waals surface area contributed by atoms with Gasteiger partial charge in [0.05, 0.1) is 26.2 Å². The highest BCUT2D eigenvalue weighted by atomic mass is 32.2. The average molecular weight is 435 g/mol. The Labute approximate surface area is 179 Å². The van der Waals surface area contributed by atoms with E-state index in [0.29, 0.717) is 36.6 Å². The lowest BCUT2D eigenvalue weighted by Gasteiger charge is -2.30.